The maximum atomic E-state index is 12.4. The summed E-state index contributed by atoms with van der Waals surface area (Å²) in [7, 11) is -1.69. The second-order valence-electron chi connectivity index (χ2n) is 4.79. The Morgan fingerprint density at radius 2 is 2.10 bits per heavy atom. The highest BCUT2D eigenvalue weighted by Crippen LogP contribution is 2.29. The van der Waals surface area contributed by atoms with Gasteiger partial charge in [-0.15, -0.1) is 0 Å². The molecular formula is C13H12ClNO4S. The number of rotatable bonds is 1. The number of nitrogens with one attached hydrogen (secondary N) is 1. The van der Waals surface area contributed by atoms with Gasteiger partial charge in [-0.1, -0.05) is 11.6 Å². The number of ether oxygens (including phenoxy) is 1. The largest absolute Gasteiger partial charge is 0.495 e. The van der Waals surface area contributed by atoms with Gasteiger partial charge in [0, 0.05) is 29.1 Å². The number of H-pyrrole nitrogens is 1. The molecule has 1 aliphatic heterocycles. The van der Waals surface area contributed by atoms with E-state index in [0.29, 0.717) is 39.4 Å². The second-order valence-corrected chi connectivity index (χ2v) is 7.38. The molecule has 1 N–H and O–H groups in total. The highest BCUT2D eigenvalue weighted by molar-refractivity contribution is 7.90. The summed E-state index contributed by atoms with van der Waals surface area (Å²) < 4.78 is 28.5. The summed E-state index contributed by atoms with van der Waals surface area (Å²) in [6.07, 6.45) is 0.327. The molecule has 7 heteroatoms. The molecule has 0 aliphatic carbocycles. The maximum Gasteiger partial charge on any atom is 0.193 e. The molecule has 2 aromatic rings. The van der Waals surface area contributed by atoms with Crippen molar-refractivity contribution in [1.82, 2.24) is 4.98 Å². The summed E-state index contributed by atoms with van der Waals surface area (Å²) in [5.41, 5.74) is 1.34. The number of aromatic amines is 1. The van der Waals surface area contributed by atoms with Crippen molar-refractivity contribution < 1.29 is 13.2 Å². The Balaban J connectivity index is 2.34. The van der Waals surface area contributed by atoms with Crippen LogP contribution < -0.4 is 10.2 Å². The molecule has 1 aliphatic rings. The van der Waals surface area contributed by atoms with E-state index in [0.717, 1.165) is 0 Å². The van der Waals surface area contributed by atoms with Crippen molar-refractivity contribution >= 4 is 32.3 Å². The number of sulfone groups is 1. The van der Waals surface area contributed by atoms with E-state index >= 15 is 0 Å². The highest BCUT2D eigenvalue weighted by Gasteiger charge is 2.25. The second kappa shape index (κ2) is 4.49. The maximum absolute atomic E-state index is 12.4. The number of aromatic nitrogens is 1. The molecule has 0 atom stereocenters. The molecule has 3 rings (SSSR count). The lowest BCUT2D eigenvalue weighted by Gasteiger charge is -2.17. The Hall–Kier alpha value is -1.53. The molecule has 0 bridgehead atoms. The number of aryl methyl sites for hydroxylation is 1. The highest BCUT2D eigenvalue weighted by atomic mass is 35.5. The molecule has 0 saturated carbocycles. The van der Waals surface area contributed by atoms with Gasteiger partial charge in [-0.2, -0.15) is 0 Å². The van der Waals surface area contributed by atoms with Crippen molar-refractivity contribution in [1.29, 1.82) is 0 Å². The molecule has 106 valence electrons. The Bertz CT molecular complexity index is 870. The summed E-state index contributed by atoms with van der Waals surface area (Å²) in [6.45, 7) is 0. The average Bonchev–Trinajstić information content (AvgIpc) is 2.40. The fourth-order valence-electron chi connectivity index (χ4n) is 2.45. The van der Waals surface area contributed by atoms with Crippen molar-refractivity contribution in [3.63, 3.8) is 0 Å². The van der Waals surface area contributed by atoms with E-state index in [1.54, 1.807) is 6.07 Å². The molecule has 1 aromatic carbocycles. The normalized spacial score (nSPS) is 16.9. The van der Waals surface area contributed by atoms with Gasteiger partial charge in [-0.3, -0.25) is 4.79 Å². The number of fused-ring (bicyclic) bond motifs is 2. The fourth-order valence-corrected chi connectivity index (χ4v) is 4.10. The molecule has 0 radical (unpaired) electrons. The first-order chi connectivity index (χ1) is 9.41. The standard InChI is InChI=1S/C13H12ClNO4S/c1-19-12-5-11-7(4-9(12)14)13(16)8-6-20(17,18)3-2-10(8)15-11/h4-5H,2-3,6H2,1H3,(H,15,16). The van der Waals surface area contributed by atoms with E-state index in [9.17, 15) is 13.2 Å². The van der Waals surface area contributed by atoms with Crippen LogP contribution in [0.5, 0.6) is 5.75 Å². The molecule has 0 amide bonds. The van der Waals surface area contributed by atoms with Crippen molar-refractivity contribution in [3.8, 4) is 5.75 Å². The lowest BCUT2D eigenvalue weighted by Crippen LogP contribution is -2.26. The van der Waals surface area contributed by atoms with E-state index in [1.165, 1.54) is 13.2 Å². The number of halogens is 1. The average molecular weight is 314 g/mol. The third kappa shape index (κ3) is 2.09. The van der Waals surface area contributed by atoms with Crippen LogP contribution >= 0.6 is 11.6 Å². The van der Waals surface area contributed by atoms with Gasteiger partial charge in [-0.05, 0) is 6.07 Å². The molecule has 0 fully saturated rings. The van der Waals surface area contributed by atoms with Crippen molar-refractivity contribution in [2.45, 2.75) is 12.2 Å². The molecule has 2 heterocycles. The van der Waals surface area contributed by atoms with E-state index in [-0.39, 0.29) is 16.9 Å². The van der Waals surface area contributed by atoms with Gasteiger partial charge in [0.05, 0.1) is 29.2 Å². The number of hydrogen-bond acceptors (Lipinski definition) is 4. The van der Waals surface area contributed by atoms with Gasteiger partial charge in [0.15, 0.2) is 15.3 Å². The summed E-state index contributed by atoms with van der Waals surface area (Å²) in [5.74, 6) is 0.321. The van der Waals surface area contributed by atoms with E-state index in [4.69, 9.17) is 16.3 Å². The molecule has 0 unspecified atom stereocenters. The van der Waals surface area contributed by atoms with Crippen LogP contribution in [0.15, 0.2) is 16.9 Å². The van der Waals surface area contributed by atoms with Crippen LogP contribution in [0.4, 0.5) is 0 Å². The first-order valence-electron chi connectivity index (χ1n) is 6.03. The summed E-state index contributed by atoms with van der Waals surface area (Å²) in [6, 6.07) is 3.17. The summed E-state index contributed by atoms with van der Waals surface area (Å²) >= 11 is 6.02. The Labute approximate surface area is 120 Å². The van der Waals surface area contributed by atoms with Crippen molar-refractivity contribution in [3.05, 3.63) is 38.6 Å². The number of benzene rings is 1. The number of pyridine rings is 1. The quantitative estimate of drug-likeness (QED) is 0.868. The zero-order valence-electron chi connectivity index (χ0n) is 10.7. The van der Waals surface area contributed by atoms with Gasteiger partial charge in [-0.25, -0.2) is 8.42 Å². The van der Waals surface area contributed by atoms with Crippen LogP contribution in [0.1, 0.15) is 11.3 Å². The first-order valence-corrected chi connectivity index (χ1v) is 8.23. The van der Waals surface area contributed by atoms with Crippen molar-refractivity contribution in [2.24, 2.45) is 0 Å². The van der Waals surface area contributed by atoms with E-state index < -0.39 is 9.84 Å². The van der Waals surface area contributed by atoms with Crippen LogP contribution in [0, 0.1) is 0 Å². The lowest BCUT2D eigenvalue weighted by atomic mass is 10.1. The predicted octanol–water partition coefficient (Wildman–Crippen LogP) is 1.66. The van der Waals surface area contributed by atoms with Crippen LogP contribution in [0.2, 0.25) is 5.02 Å². The predicted molar refractivity (Wildman–Crippen MR) is 77.3 cm³/mol. The molecule has 1 aromatic heterocycles. The fraction of sp³-hybridized carbons (Fsp3) is 0.308. The van der Waals surface area contributed by atoms with Crippen LogP contribution in [-0.2, 0) is 22.0 Å². The summed E-state index contributed by atoms with van der Waals surface area (Å²) in [4.78, 5) is 15.6. The number of methoxy groups -OCH3 is 1. The van der Waals surface area contributed by atoms with Gasteiger partial charge < -0.3 is 9.72 Å². The Morgan fingerprint density at radius 3 is 2.80 bits per heavy atom. The molecule has 0 saturated heterocycles. The minimum absolute atomic E-state index is 0.0617. The van der Waals surface area contributed by atoms with Gasteiger partial charge in [0.1, 0.15) is 5.75 Å². The minimum Gasteiger partial charge on any atom is -0.495 e. The third-order valence-corrected chi connectivity index (χ3v) is 5.34. The van der Waals surface area contributed by atoms with Crippen LogP contribution in [0.25, 0.3) is 10.9 Å². The topological polar surface area (TPSA) is 76.2 Å². The van der Waals surface area contributed by atoms with E-state index in [2.05, 4.69) is 4.98 Å². The molecular weight excluding hydrogens is 302 g/mol. The van der Waals surface area contributed by atoms with Crippen molar-refractivity contribution in [2.75, 3.05) is 12.9 Å². The molecule has 20 heavy (non-hydrogen) atoms. The first kappa shape index (κ1) is 13.5. The van der Waals surface area contributed by atoms with Gasteiger partial charge in [0.25, 0.3) is 0 Å². The Morgan fingerprint density at radius 1 is 1.35 bits per heavy atom. The van der Waals surface area contributed by atoms with Crippen LogP contribution in [-0.4, -0.2) is 26.3 Å². The molecule has 5 nitrogen and oxygen atoms in total. The third-order valence-electron chi connectivity index (χ3n) is 3.49. The van der Waals surface area contributed by atoms with Gasteiger partial charge in [0.2, 0.25) is 0 Å². The lowest BCUT2D eigenvalue weighted by molar-refractivity contribution is 0.415. The Kier molecular flexibility index (Phi) is 3.02. The van der Waals surface area contributed by atoms with Gasteiger partial charge >= 0.3 is 0 Å². The summed E-state index contributed by atoms with van der Waals surface area (Å²) in [5, 5.41) is 0.704. The van der Waals surface area contributed by atoms with E-state index in [1.807, 2.05) is 0 Å². The smallest absolute Gasteiger partial charge is 0.193 e. The SMILES string of the molecule is COc1cc2[nH]c3c(c(=O)c2cc1Cl)CS(=O)(=O)CC3. The zero-order chi connectivity index (χ0) is 14.5. The number of hydrogen-bond donors (Lipinski definition) is 1. The molecule has 0 spiro atoms. The van der Waals surface area contributed by atoms with Crippen LogP contribution in [0.3, 0.4) is 0 Å². The zero-order valence-corrected chi connectivity index (χ0v) is 12.3. The monoisotopic (exact) mass is 313 g/mol. The minimum atomic E-state index is -3.19.